The van der Waals surface area contributed by atoms with Crippen LogP contribution >= 0.6 is 11.8 Å². The SMILES string of the molecule is CNc1cc(Sc2ccc(OC)cc2)ccn1. The lowest BCUT2D eigenvalue weighted by atomic mass is 10.3. The highest BCUT2D eigenvalue weighted by Gasteiger charge is 1.99. The summed E-state index contributed by atoms with van der Waals surface area (Å²) in [5.74, 6) is 1.75. The Morgan fingerprint density at radius 1 is 1.12 bits per heavy atom. The van der Waals surface area contributed by atoms with Gasteiger partial charge in [0, 0.05) is 23.0 Å². The normalized spacial score (nSPS) is 10.0. The van der Waals surface area contributed by atoms with Crippen LogP contribution in [0.15, 0.2) is 52.4 Å². The van der Waals surface area contributed by atoms with Gasteiger partial charge in [0.2, 0.25) is 0 Å². The topological polar surface area (TPSA) is 34.1 Å². The Bertz CT molecular complexity index is 485. The Hall–Kier alpha value is -1.68. The molecule has 0 fully saturated rings. The van der Waals surface area contributed by atoms with E-state index in [1.165, 1.54) is 4.90 Å². The van der Waals surface area contributed by atoms with Crippen LogP contribution in [0.25, 0.3) is 0 Å². The molecule has 1 heterocycles. The summed E-state index contributed by atoms with van der Waals surface area (Å²) in [7, 11) is 3.54. The minimum Gasteiger partial charge on any atom is -0.497 e. The van der Waals surface area contributed by atoms with Gasteiger partial charge in [0.25, 0.3) is 0 Å². The van der Waals surface area contributed by atoms with Crippen LogP contribution in [-0.4, -0.2) is 19.1 Å². The van der Waals surface area contributed by atoms with Gasteiger partial charge in [0.1, 0.15) is 11.6 Å². The molecule has 0 unspecified atom stereocenters. The van der Waals surface area contributed by atoms with Gasteiger partial charge in [-0.1, -0.05) is 11.8 Å². The molecule has 1 aromatic carbocycles. The summed E-state index contributed by atoms with van der Waals surface area (Å²) in [5.41, 5.74) is 0. The molecule has 3 nitrogen and oxygen atoms in total. The van der Waals surface area contributed by atoms with Crippen LogP contribution in [0.5, 0.6) is 5.75 Å². The standard InChI is InChI=1S/C13H14N2OS/c1-14-13-9-12(7-8-15-13)17-11-5-3-10(16-2)4-6-11/h3-9H,1-2H3,(H,14,15). The van der Waals surface area contributed by atoms with E-state index in [4.69, 9.17) is 4.74 Å². The maximum Gasteiger partial charge on any atom is 0.126 e. The van der Waals surface area contributed by atoms with Crippen molar-refractivity contribution in [3.63, 3.8) is 0 Å². The van der Waals surface area contributed by atoms with Crippen LogP contribution in [0.3, 0.4) is 0 Å². The van der Waals surface area contributed by atoms with Crippen molar-refractivity contribution in [3.8, 4) is 5.75 Å². The third-order valence-corrected chi connectivity index (χ3v) is 3.28. The number of benzene rings is 1. The molecule has 17 heavy (non-hydrogen) atoms. The van der Waals surface area contributed by atoms with E-state index >= 15 is 0 Å². The predicted octanol–water partition coefficient (Wildman–Crippen LogP) is 3.28. The molecule has 1 N–H and O–H groups in total. The first-order valence-electron chi connectivity index (χ1n) is 5.27. The monoisotopic (exact) mass is 246 g/mol. The van der Waals surface area contributed by atoms with E-state index in [0.717, 1.165) is 16.5 Å². The van der Waals surface area contributed by atoms with Gasteiger partial charge in [-0.05, 0) is 36.4 Å². The van der Waals surface area contributed by atoms with E-state index in [0.29, 0.717) is 0 Å². The Labute approximate surface area is 105 Å². The molecular formula is C13H14N2OS. The second-order valence-corrected chi connectivity index (χ2v) is 4.55. The molecule has 1 aromatic heterocycles. The van der Waals surface area contributed by atoms with Gasteiger partial charge in [0.05, 0.1) is 7.11 Å². The molecular weight excluding hydrogens is 232 g/mol. The van der Waals surface area contributed by atoms with Crippen LogP contribution in [0, 0.1) is 0 Å². The van der Waals surface area contributed by atoms with E-state index in [9.17, 15) is 0 Å². The van der Waals surface area contributed by atoms with Gasteiger partial charge < -0.3 is 10.1 Å². The van der Waals surface area contributed by atoms with Crippen molar-refractivity contribution in [1.29, 1.82) is 0 Å². The molecule has 88 valence electrons. The molecule has 0 aliphatic rings. The zero-order valence-corrected chi connectivity index (χ0v) is 10.6. The molecule has 0 atom stereocenters. The molecule has 2 aromatic rings. The highest BCUT2D eigenvalue weighted by Crippen LogP contribution is 2.29. The van der Waals surface area contributed by atoms with Crippen LogP contribution in [-0.2, 0) is 0 Å². The smallest absolute Gasteiger partial charge is 0.126 e. The van der Waals surface area contributed by atoms with Crippen molar-refractivity contribution in [2.24, 2.45) is 0 Å². The third kappa shape index (κ3) is 3.14. The fourth-order valence-corrected chi connectivity index (χ4v) is 2.23. The van der Waals surface area contributed by atoms with E-state index in [2.05, 4.69) is 10.3 Å². The molecule has 0 bridgehead atoms. The quantitative estimate of drug-likeness (QED) is 0.897. The Balaban J connectivity index is 2.13. The summed E-state index contributed by atoms with van der Waals surface area (Å²) in [6.07, 6.45) is 1.80. The van der Waals surface area contributed by atoms with Crippen LogP contribution in [0.2, 0.25) is 0 Å². The summed E-state index contributed by atoms with van der Waals surface area (Å²) in [4.78, 5) is 6.52. The summed E-state index contributed by atoms with van der Waals surface area (Å²) >= 11 is 1.70. The van der Waals surface area contributed by atoms with E-state index in [1.54, 1.807) is 25.1 Å². The van der Waals surface area contributed by atoms with Crippen molar-refractivity contribution >= 4 is 17.6 Å². The number of hydrogen-bond donors (Lipinski definition) is 1. The summed E-state index contributed by atoms with van der Waals surface area (Å²) in [6.45, 7) is 0. The number of pyridine rings is 1. The number of hydrogen-bond acceptors (Lipinski definition) is 4. The number of anilines is 1. The number of ether oxygens (including phenoxy) is 1. The maximum atomic E-state index is 5.13. The first kappa shape index (κ1) is 11.8. The lowest BCUT2D eigenvalue weighted by Crippen LogP contribution is -1.90. The van der Waals surface area contributed by atoms with Crippen LogP contribution in [0.4, 0.5) is 5.82 Å². The number of nitrogens with one attached hydrogen (secondary N) is 1. The Kier molecular flexibility index (Phi) is 3.88. The summed E-state index contributed by atoms with van der Waals surface area (Å²) in [6, 6.07) is 12.0. The highest BCUT2D eigenvalue weighted by molar-refractivity contribution is 7.99. The van der Waals surface area contributed by atoms with Gasteiger partial charge in [-0.15, -0.1) is 0 Å². The molecule has 2 rings (SSSR count). The number of rotatable bonds is 4. The van der Waals surface area contributed by atoms with E-state index < -0.39 is 0 Å². The highest BCUT2D eigenvalue weighted by atomic mass is 32.2. The van der Waals surface area contributed by atoms with Crippen LogP contribution in [0.1, 0.15) is 0 Å². The molecule has 4 heteroatoms. The summed E-state index contributed by atoms with van der Waals surface area (Å²) < 4.78 is 5.13. The number of nitrogens with zero attached hydrogens (tertiary/aromatic N) is 1. The van der Waals surface area contributed by atoms with Crippen molar-refractivity contribution in [1.82, 2.24) is 4.98 Å². The predicted molar refractivity (Wildman–Crippen MR) is 70.9 cm³/mol. The van der Waals surface area contributed by atoms with Gasteiger partial charge >= 0.3 is 0 Å². The lowest BCUT2D eigenvalue weighted by molar-refractivity contribution is 0.414. The van der Waals surface area contributed by atoms with Gasteiger partial charge in [-0.3, -0.25) is 0 Å². The van der Waals surface area contributed by atoms with Crippen LogP contribution < -0.4 is 10.1 Å². The molecule has 0 aliphatic carbocycles. The van der Waals surface area contributed by atoms with E-state index in [1.807, 2.05) is 43.4 Å². The Morgan fingerprint density at radius 2 is 1.88 bits per heavy atom. The van der Waals surface area contributed by atoms with Crippen molar-refractivity contribution < 1.29 is 4.74 Å². The second-order valence-electron chi connectivity index (χ2n) is 3.40. The lowest BCUT2D eigenvalue weighted by Gasteiger charge is -2.05. The zero-order valence-electron chi connectivity index (χ0n) is 9.81. The fraction of sp³-hybridized carbons (Fsp3) is 0.154. The average Bonchev–Trinajstić information content (AvgIpc) is 2.40. The molecule has 0 radical (unpaired) electrons. The molecule has 0 amide bonds. The average molecular weight is 246 g/mol. The zero-order chi connectivity index (χ0) is 12.1. The van der Waals surface area contributed by atoms with Crippen molar-refractivity contribution in [2.75, 3.05) is 19.5 Å². The first-order valence-corrected chi connectivity index (χ1v) is 6.09. The molecule has 0 saturated heterocycles. The maximum absolute atomic E-state index is 5.13. The minimum atomic E-state index is 0.875. The van der Waals surface area contributed by atoms with Gasteiger partial charge in [-0.2, -0.15) is 0 Å². The number of methoxy groups -OCH3 is 1. The third-order valence-electron chi connectivity index (χ3n) is 2.28. The summed E-state index contributed by atoms with van der Waals surface area (Å²) in [5, 5.41) is 3.03. The van der Waals surface area contributed by atoms with Gasteiger partial charge in [-0.25, -0.2) is 4.98 Å². The van der Waals surface area contributed by atoms with Gasteiger partial charge in [0.15, 0.2) is 0 Å². The Morgan fingerprint density at radius 3 is 2.53 bits per heavy atom. The number of aromatic nitrogens is 1. The molecule has 0 aliphatic heterocycles. The van der Waals surface area contributed by atoms with E-state index in [-0.39, 0.29) is 0 Å². The van der Waals surface area contributed by atoms with Crippen molar-refractivity contribution in [2.45, 2.75) is 9.79 Å². The fourth-order valence-electron chi connectivity index (χ4n) is 1.39. The largest absolute Gasteiger partial charge is 0.497 e. The van der Waals surface area contributed by atoms with Crippen molar-refractivity contribution in [3.05, 3.63) is 42.6 Å². The second kappa shape index (κ2) is 5.59. The molecule has 0 spiro atoms. The minimum absolute atomic E-state index is 0.875. The first-order chi connectivity index (χ1) is 8.31. The molecule has 0 saturated carbocycles.